The fourth-order valence-corrected chi connectivity index (χ4v) is 0.477. The Labute approximate surface area is 62.9 Å². The van der Waals surface area contributed by atoms with Gasteiger partial charge in [0.1, 0.15) is 0 Å². The standard InChI is InChI=1S/C4H8N6O/c5-9-7-1-4(3-11)2-8-10-6/h4,11H,1-3H2. The van der Waals surface area contributed by atoms with Crippen LogP contribution in [0.15, 0.2) is 10.2 Å². The number of rotatable bonds is 5. The van der Waals surface area contributed by atoms with Crippen LogP contribution >= 0.6 is 0 Å². The van der Waals surface area contributed by atoms with Crippen molar-refractivity contribution >= 4 is 0 Å². The van der Waals surface area contributed by atoms with Gasteiger partial charge in [0.25, 0.3) is 0 Å². The highest BCUT2D eigenvalue weighted by molar-refractivity contribution is 4.64. The van der Waals surface area contributed by atoms with Crippen LogP contribution in [0.4, 0.5) is 0 Å². The number of hydrogen-bond acceptors (Lipinski definition) is 3. The molecule has 0 atom stereocenters. The highest BCUT2D eigenvalue weighted by Gasteiger charge is 2.02. The Hall–Kier alpha value is -1.42. The maximum absolute atomic E-state index is 8.61. The smallest absolute Gasteiger partial charge is 0.0461 e. The second-order valence-corrected chi connectivity index (χ2v) is 1.88. The Morgan fingerprint density at radius 3 is 1.91 bits per heavy atom. The van der Waals surface area contributed by atoms with Crippen LogP contribution in [0.2, 0.25) is 0 Å². The van der Waals surface area contributed by atoms with Crippen LogP contribution in [0.3, 0.4) is 0 Å². The molecule has 0 saturated heterocycles. The van der Waals surface area contributed by atoms with Gasteiger partial charge >= 0.3 is 0 Å². The third-order valence-corrected chi connectivity index (χ3v) is 1.06. The molecule has 0 saturated carbocycles. The van der Waals surface area contributed by atoms with Gasteiger partial charge in [0.05, 0.1) is 0 Å². The van der Waals surface area contributed by atoms with Crippen molar-refractivity contribution in [2.24, 2.45) is 16.1 Å². The van der Waals surface area contributed by atoms with Crippen molar-refractivity contribution in [1.29, 1.82) is 0 Å². The van der Waals surface area contributed by atoms with E-state index in [4.69, 9.17) is 16.2 Å². The molecule has 0 aliphatic carbocycles. The van der Waals surface area contributed by atoms with E-state index in [2.05, 4.69) is 20.1 Å². The average Bonchev–Trinajstić information content (AvgIpc) is 2.05. The van der Waals surface area contributed by atoms with Crippen LogP contribution in [-0.2, 0) is 0 Å². The van der Waals surface area contributed by atoms with Crippen molar-refractivity contribution in [2.75, 3.05) is 19.7 Å². The zero-order chi connectivity index (χ0) is 8.53. The van der Waals surface area contributed by atoms with Crippen molar-refractivity contribution in [2.45, 2.75) is 0 Å². The lowest BCUT2D eigenvalue weighted by Gasteiger charge is -2.04. The van der Waals surface area contributed by atoms with Gasteiger partial charge < -0.3 is 5.11 Å². The number of nitrogens with zero attached hydrogens (tertiary/aromatic N) is 6. The average molecular weight is 156 g/mol. The van der Waals surface area contributed by atoms with Gasteiger partial charge in [-0.1, -0.05) is 10.2 Å². The molecule has 0 amide bonds. The van der Waals surface area contributed by atoms with E-state index in [1.807, 2.05) is 0 Å². The molecular formula is C4H8N6O. The van der Waals surface area contributed by atoms with Crippen LogP contribution in [0.1, 0.15) is 0 Å². The molecular weight excluding hydrogens is 148 g/mol. The number of hydrogen-bond donors (Lipinski definition) is 1. The van der Waals surface area contributed by atoms with E-state index in [1.54, 1.807) is 0 Å². The van der Waals surface area contributed by atoms with E-state index < -0.39 is 0 Å². The third-order valence-electron chi connectivity index (χ3n) is 1.06. The number of aliphatic hydroxyl groups is 1. The Morgan fingerprint density at radius 2 is 1.64 bits per heavy atom. The van der Waals surface area contributed by atoms with Gasteiger partial charge in [-0.3, -0.25) is 0 Å². The monoisotopic (exact) mass is 156 g/mol. The van der Waals surface area contributed by atoms with Gasteiger partial charge in [0.2, 0.25) is 0 Å². The fraction of sp³-hybridized carbons (Fsp3) is 1.00. The van der Waals surface area contributed by atoms with Gasteiger partial charge in [-0.05, 0) is 17.0 Å². The second kappa shape index (κ2) is 6.70. The van der Waals surface area contributed by atoms with Crippen LogP contribution < -0.4 is 0 Å². The summed E-state index contributed by atoms with van der Waals surface area (Å²) in [5.41, 5.74) is 15.8. The summed E-state index contributed by atoms with van der Waals surface area (Å²) in [6.45, 7) is 0.177. The first kappa shape index (κ1) is 9.58. The molecule has 0 fully saturated rings. The van der Waals surface area contributed by atoms with E-state index in [1.165, 1.54) is 0 Å². The first-order chi connectivity index (χ1) is 5.35. The lowest BCUT2D eigenvalue weighted by molar-refractivity contribution is 0.234. The molecule has 60 valence electrons. The molecule has 0 radical (unpaired) electrons. The summed E-state index contributed by atoms with van der Waals surface area (Å²) in [7, 11) is 0. The van der Waals surface area contributed by atoms with Crippen molar-refractivity contribution < 1.29 is 5.11 Å². The molecule has 0 heterocycles. The zero-order valence-electron chi connectivity index (χ0n) is 5.83. The molecule has 0 aromatic carbocycles. The van der Waals surface area contributed by atoms with Crippen LogP contribution in [0, 0.1) is 5.92 Å². The first-order valence-electron chi connectivity index (χ1n) is 2.97. The maximum atomic E-state index is 8.61. The molecule has 0 aliphatic heterocycles. The SMILES string of the molecule is [N-]=[N+]=NCC(CO)CN=[N+]=[N-]. The molecule has 0 spiro atoms. The first-order valence-corrected chi connectivity index (χ1v) is 2.97. The molecule has 0 aromatic heterocycles. The minimum absolute atomic E-state index is 0.141. The van der Waals surface area contributed by atoms with E-state index in [9.17, 15) is 0 Å². The van der Waals surface area contributed by atoms with E-state index in [0.29, 0.717) is 0 Å². The van der Waals surface area contributed by atoms with Gasteiger partial charge in [0.15, 0.2) is 0 Å². The Kier molecular flexibility index (Phi) is 5.83. The largest absolute Gasteiger partial charge is 0.396 e. The summed E-state index contributed by atoms with van der Waals surface area (Å²) < 4.78 is 0. The van der Waals surface area contributed by atoms with Crippen molar-refractivity contribution in [3.05, 3.63) is 20.9 Å². The molecule has 7 nitrogen and oxygen atoms in total. The highest BCUT2D eigenvalue weighted by Crippen LogP contribution is 1.96. The number of azide groups is 2. The Morgan fingerprint density at radius 1 is 1.18 bits per heavy atom. The quantitative estimate of drug-likeness (QED) is 0.359. The molecule has 0 rings (SSSR count). The van der Waals surface area contributed by atoms with Gasteiger partial charge in [-0.2, -0.15) is 0 Å². The molecule has 0 bridgehead atoms. The lowest BCUT2D eigenvalue weighted by atomic mass is 10.2. The second-order valence-electron chi connectivity index (χ2n) is 1.88. The van der Waals surface area contributed by atoms with Crippen LogP contribution in [-0.4, -0.2) is 24.8 Å². The predicted octanol–water partition coefficient (Wildman–Crippen LogP) is 1.22. The van der Waals surface area contributed by atoms with Crippen molar-refractivity contribution in [3.63, 3.8) is 0 Å². The highest BCUT2D eigenvalue weighted by atomic mass is 16.3. The zero-order valence-corrected chi connectivity index (χ0v) is 5.83. The Balaban J connectivity index is 3.74. The minimum Gasteiger partial charge on any atom is -0.396 e. The van der Waals surface area contributed by atoms with E-state index in [0.717, 1.165) is 0 Å². The molecule has 0 aliphatic rings. The third kappa shape index (κ3) is 5.05. The van der Waals surface area contributed by atoms with Crippen molar-refractivity contribution in [1.82, 2.24) is 0 Å². The van der Waals surface area contributed by atoms with Gasteiger partial charge in [-0.15, -0.1) is 0 Å². The summed E-state index contributed by atoms with van der Waals surface area (Å²) in [6, 6.07) is 0. The maximum Gasteiger partial charge on any atom is 0.0461 e. The lowest BCUT2D eigenvalue weighted by Crippen LogP contribution is -2.12. The topological polar surface area (TPSA) is 118 Å². The normalized spacial score (nSPS) is 11.0. The van der Waals surface area contributed by atoms with Gasteiger partial charge in [0, 0.05) is 29.5 Å². The Bertz CT molecular complexity index is 171. The minimum atomic E-state index is -0.262. The molecule has 0 unspecified atom stereocenters. The van der Waals surface area contributed by atoms with Gasteiger partial charge in [-0.25, -0.2) is 0 Å². The molecule has 1 N–H and O–H groups in total. The van der Waals surface area contributed by atoms with E-state index in [-0.39, 0.29) is 25.6 Å². The van der Waals surface area contributed by atoms with E-state index >= 15 is 0 Å². The molecule has 11 heavy (non-hydrogen) atoms. The van der Waals surface area contributed by atoms with Crippen LogP contribution in [0.5, 0.6) is 0 Å². The summed E-state index contributed by atoms with van der Waals surface area (Å²) in [6.07, 6.45) is 0. The summed E-state index contributed by atoms with van der Waals surface area (Å²) in [5.74, 6) is -0.262. The molecule has 0 aromatic rings. The van der Waals surface area contributed by atoms with Crippen LogP contribution in [0.25, 0.3) is 20.9 Å². The summed E-state index contributed by atoms with van der Waals surface area (Å²) in [4.78, 5) is 5.02. The molecule has 7 heteroatoms. The summed E-state index contributed by atoms with van der Waals surface area (Å²) in [5, 5.41) is 15.1. The fourth-order valence-electron chi connectivity index (χ4n) is 0.477. The number of aliphatic hydroxyl groups excluding tert-OH is 1. The van der Waals surface area contributed by atoms with Crippen molar-refractivity contribution in [3.8, 4) is 0 Å². The predicted molar refractivity (Wildman–Crippen MR) is 38.6 cm³/mol. The summed E-state index contributed by atoms with van der Waals surface area (Å²) >= 11 is 0.